The average Bonchev–Trinajstić information content (AvgIpc) is 2.37. The van der Waals surface area contributed by atoms with Gasteiger partial charge in [-0.15, -0.1) is 0 Å². The van der Waals surface area contributed by atoms with Crippen LogP contribution in [0.1, 0.15) is 33.1 Å². The monoisotopic (exact) mass is 296 g/mol. The summed E-state index contributed by atoms with van der Waals surface area (Å²) in [5.74, 6) is -1.60. The number of carboxylic acids is 1. The first kappa shape index (κ1) is 16.9. The quantitative estimate of drug-likeness (QED) is 0.723. The zero-order valence-corrected chi connectivity index (χ0v) is 12.2. The summed E-state index contributed by atoms with van der Waals surface area (Å²) in [4.78, 5) is 22.4. The molecule has 6 heteroatoms. The topological polar surface area (TPSA) is 78.4 Å². The Bertz CT molecular complexity index is 494. The van der Waals surface area contributed by atoms with Gasteiger partial charge < -0.3 is 15.7 Å². The van der Waals surface area contributed by atoms with E-state index in [2.05, 4.69) is 10.6 Å². The number of nitrogens with one attached hydrogen (secondary N) is 2. The number of benzene rings is 1. The van der Waals surface area contributed by atoms with Gasteiger partial charge in [-0.1, -0.05) is 19.4 Å². The molecule has 1 rings (SSSR count). The van der Waals surface area contributed by atoms with Crippen LogP contribution in [-0.2, 0) is 4.79 Å². The standard InChI is InChI=1S/C15H21FN2O3/c1-10(14(19)20)5-3-6-11(2)17-15(21)18-13-8-4-7-12(16)9-13/h4,7-11H,3,5-6H2,1-2H3,(H,19,20)(H2,17,18,21). The number of hydrogen-bond acceptors (Lipinski definition) is 2. The van der Waals surface area contributed by atoms with Gasteiger partial charge in [0.1, 0.15) is 5.82 Å². The van der Waals surface area contributed by atoms with E-state index in [4.69, 9.17) is 5.11 Å². The molecule has 0 spiro atoms. The van der Waals surface area contributed by atoms with Crippen molar-refractivity contribution >= 4 is 17.7 Å². The molecule has 1 aromatic carbocycles. The molecule has 2 unspecified atom stereocenters. The van der Waals surface area contributed by atoms with Gasteiger partial charge in [0.25, 0.3) is 0 Å². The van der Waals surface area contributed by atoms with Gasteiger partial charge in [0.05, 0.1) is 5.92 Å². The summed E-state index contributed by atoms with van der Waals surface area (Å²) >= 11 is 0. The minimum atomic E-state index is -0.806. The molecule has 21 heavy (non-hydrogen) atoms. The van der Waals surface area contributed by atoms with Crippen LogP contribution in [0.2, 0.25) is 0 Å². The maximum absolute atomic E-state index is 13.0. The molecular weight excluding hydrogens is 275 g/mol. The van der Waals surface area contributed by atoms with Crippen LogP contribution >= 0.6 is 0 Å². The van der Waals surface area contributed by atoms with E-state index in [0.29, 0.717) is 18.5 Å². The van der Waals surface area contributed by atoms with Crippen molar-refractivity contribution in [3.05, 3.63) is 30.1 Å². The first-order valence-electron chi connectivity index (χ1n) is 6.94. The minimum Gasteiger partial charge on any atom is -0.481 e. The molecule has 0 saturated carbocycles. The Labute approximate surface area is 123 Å². The number of carbonyl (C=O) groups is 2. The van der Waals surface area contributed by atoms with E-state index in [9.17, 15) is 14.0 Å². The summed E-state index contributed by atoms with van der Waals surface area (Å²) in [5.41, 5.74) is 0.388. The van der Waals surface area contributed by atoms with Crippen molar-refractivity contribution in [2.24, 2.45) is 5.92 Å². The Balaban J connectivity index is 2.29. The molecule has 5 nitrogen and oxygen atoms in total. The largest absolute Gasteiger partial charge is 0.481 e. The van der Waals surface area contributed by atoms with Crippen molar-refractivity contribution in [2.45, 2.75) is 39.2 Å². The Morgan fingerprint density at radius 3 is 2.62 bits per heavy atom. The molecule has 0 fully saturated rings. The van der Waals surface area contributed by atoms with Crippen molar-refractivity contribution in [3.8, 4) is 0 Å². The third kappa shape index (κ3) is 6.74. The van der Waals surface area contributed by atoms with Crippen LogP contribution in [0.4, 0.5) is 14.9 Å². The van der Waals surface area contributed by atoms with E-state index in [-0.39, 0.29) is 12.0 Å². The van der Waals surface area contributed by atoms with Gasteiger partial charge >= 0.3 is 12.0 Å². The minimum absolute atomic E-state index is 0.0837. The normalized spacial score (nSPS) is 13.3. The lowest BCUT2D eigenvalue weighted by Gasteiger charge is -2.15. The van der Waals surface area contributed by atoms with Gasteiger partial charge in [0, 0.05) is 11.7 Å². The number of hydrogen-bond donors (Lipinski definition) is 3. The highest BCUT2D eigenvalue weighted by molar-refractivity contribution is 5.89. The molecule has 0 saturated heterocycles. The molecule has 3 N–H and O–H groups in total. The van der Waals surface area contributed by atoms with Crippen LogP contribution in [0.5, 0.6) is 0 Å². The van der Waals surface area contributed by atoms with Crippen molar-refractivity contribution in [2.75, 3.05) is 5.32 Å². The van der Waals surface area contributed by atoms with Gasteiger partial charge in [-0.3, -0.25) is 4.79 Å². The molecule has 0 aliphatic carbocycles. The van der Waals surface area contributed by atoms with Crippen molar-refractivity contribution < 1.29 is 19.1 Å². The summed E-state index contributed by atoms with van der Waals surface area (Å²) in [6, 6.07) is 5.16. The molecule has 2 amide bonds. The molecular formula is C15H21FN2O3. The third-order valence-electron chi connectivity index (χ3n) is 3.16. The SMILES string of the molecule is CC(CCCC(C)C(=O)O)NC(=O)Nc1cccc(F)c1. The first-order valence-corrected chi connectivity index (χ1v) is 6.94. The zero-order chi connectivity index (χ0) is 15.8. The van der Waals surface area contributed by atoms with Crippen LogP contribution in [0, 0.1) is 11.7 Å². The fraction of sp³-hybridized carbons (Fsp3) is 0.467. The predicted octanol–water partition coefficient (Wildman–Crippen LogP) is 3.23. The summed E-state index contributed by atoms with van der Waals surface area (Å²) in [5, 5.41) is 14.0. The number of anilines is 1. The molecule has 1 aromatic rings. The first-order chi connectivity index (χ1) is 9.88. The van der Waals surface area contributed by atoms with Crippen molar-refractivity contribution in [1.82, 2.24) is 5.32 Å². The van der Waals surface area contributed by atoms with Crippen LogP contribution in [0.3, 0.4) is 0 Å². The number of urea groups is 1. The van der Waals surface area contributed by atoms with Crippen LogP contribution in [0.15, 0.2) is 24.3 Å². The highest BCUT2D eigenvalue weighted by atomic mass is 19.1. The van der Waals surface area contributed by atoms with Crippen LogP contribution in [0.25, 0.3) is 0 Å². The highest BCUT2D eigenvalue weighted by Crippen LogP contribution is 2.11. The van der Waals surface area contributed by atoms with E-state index in [1.807, 2.05) is 6.92 Å². The average molecular weight is 296 g/mol. The summed E-state index contributed by atoms with van der Waals surface area (Å²) in [6.07, 6.45) is 1.98. The molecule has 2 atom stereocenters. The number of rotatable bonds is 7. The van der Waals surface area contributed by atoms with E-state index < -0.39 is 17.8 Å². The van der Waals surface area contributed by atoms with E-state index in [1.54, 1.807) is 13.0 Å². The Morgan fingerprint density at radius 1 is 1.29 bits per heavy atom. The van der Waals surface area contributed by atoms with Gasteiger partial charge in [0.15, 0.2) is 0 Å². The van der Waals surface area contributed by atoms with E-state index >= 15 is 0 Å². The number of aliphatic carboxylic acids is 1. The lowest BCUT2D eigenvalue weighted by molar-refractivity contribution is -0.141. The molecule has 0 aromatic heterocycles. The predicted molar refractivity (Wildman–Crippen MR) is 78.7 cm³/mol. The smallest absolute Gasteiger partial charge is 0.319 e. The van der Waals surface area contributed by atoms with Crippen LogP contribution < -0.4 is 10.6 Å². The van der Waals surface area contributed by atoms with Crippen molar-refractivity contribution in [1.29, 1.82) is 0 Å². The zero-order valence-electron chi connectivity index (χ0n) is 12.2. The van der Waals surface area contributed by atoms with E-state index in [1.165, 1.54) is 18.2 Å². The Morgan fingerprint density at radius 2 is 2.00 bits per heavy atom. The van der Waals surface area contributed by atoms with Gasteiger partial charge in [0.2, 0.25) is 0 Å². The third-order valence-corrected chi connectivity index (χ3v) is 3.16. The fourth-order valence-electron chi connectivity index (χ4n) is 1.88. The number of carbonyl (C=O) groups excluding carboxylic acids is 1. The second-order valence-electron chi connectivity index (χ2n) is 5.18. The summed E-state index contributed by atoms with van der Waals surface area (Å²) in [6.45, 7) is 3.51. The maximum Gasteiger partial charge on any atom is 0.319 e. The molecule has 0 radical (unpaired) electrons. The maximum atomic E-state index is 13.0. The number of carboxylic acid groups (broad SMARTS) is 1. The van der Waals surface area contributed by atoms with Crippen LogP contribution in [-0.4, -0.2) is 23.1 Å². The fourth-order valence-corrected chi connectivity index (χ4v) is 1.88. The number of halogens is 1. The second-order valence-corrected chi connectivity index (χ2v) is 5.18. The summed E-state index contributed by atoms with van der Waals surface area (Å²) < 4.78 is 13.0. The van der Waals surface area contributed by atoms with E-state index in [0.717, 1.165) is 6.42 Å². The number of amides is 2. The van der Waals surface area contributed by atoms with Gasteiger partial charge in [-0.2, -0.15) is 0 Å². The molecule has 0 aliphatic heterocycles. The van der Waals surface area contributed by atoms with Gasteiger partial charge in [-0.05, 0) is 38.0 Å². The van der Waals surface area contributed by atoms with Gasteiger partial charge in [-0.25, -0.2) is 9.18 Å². The lowest BCUT2D eigenvalue weighted by Crippen LogP contribution is -2.36. The second kappa shape index (κ2) is 8.24. The Kier molecular flexibility index (Phi) is 6.65. The molecule has 0 aliphatic rings. The molecule has 0 bridgehead atoms. The Hall–Kier alpha value is -2.11. The lowest BCUT2D eigenvalue weighted by atomic mass is 10.0. The summed E-state index contributed by atoms with van der Waals surface area (Å²) in [7, 11) is 0. The molecule has 116 valence electrons. The highest BCUT2D eigenvalue weighted by Gasteiger charge is 2.12. The molecule has 0 heterocycles. The van der Waals surface area contributed by atoms with Crippen molar-refractivity contribution in [3.63, 3.8) is 0 Å².